The van der Waals surface area contributed by atoms with E-state index in [2.05, 4.69) is 5.32 Å². The van der Waals surface area contributed by atoms with Crippen molar-refractivity contribution >= 4 is 29.1 Å². The van der Waals surface area contributed by atoms with Crippen molar-refractivity contribution in [2.45, 2.75) is 59.1 Å². The first kappa shape index (κ1) is 27.4. The van der Waals surface area contributed by atoms with Crippen molar-refractivity contribution in [3.63, 3.8) is 0 Å². The first-order valence-electron chi connectivity index (χ1n) is 12.6. The van der Waals surface area contributed by atoms with Gasteiger partial charge in [0.1, 0.15) is 17.1 Å². The fraction of sp³-hybridized carbons (Fsp3) is 0.500. The lowest BCUT2D eigenvalue weighted by Crippen LogP contribution is -2.56. The van der Waals surface area contributed by atoms with Gasteiger partial charge in [0.2, 0.25) is 11.7 Å². The maximum atomic E-state index is 14.0. The van der Waals surface area contributed by atoms with Gasteiger partial charge >= 0.3 is 0 Å². The van der Waals surface area contributed by atoms with Gasteiger partial charge in [-0.3, -0.25) is 19.2 Å². The zero-order valence-electron chi connectivity index (χ0n) is 22.6. The van der Waals surface area contributed by atoms with Gasteiger partial charge in [0.15, 0.2) is 11.4 Å². The molecule has 0 spiro atoms. The number of phenols is 1. The maximum Gasteiger partial charge on any atom is 0.255 e. The van der Waals surface area contributed by atoms with Gasteiger partial charge in [0.25, 0.3) is 5.91 Å². The Morgan fingerprint density at radius 2 is 1.82 bits per heavy atom. The van der Waals surface area contributed by atoms with Crippen LogP contribution in [0.1, 0.15) is 62.0 Å². The average molecular weight is 526 g/mol. The summed E-state index contributed by atoms with van der Waals surface area (Å²) >= 11 is 0. The Kier molecular flexibility index (Phi) is 6.46. The summed E-state index contributed by atoms with van der Waals surface area (Å²) in [6.45, 7) is 6.79. The number of carbonyl (C=O) groups is 4. The summed E-state index contributed by atoms with van der Waals surface area (Å²) in [4.78, 5) is 53.4. The van der Waals surface area contributed by atoms with Crippen molar-refractivity contribution in [1.82, 2.24) is 5.32 Å². The van der Waals surface area contributed by atoms with Crippen LogP contribution in [0.25, 0.3) is 0 Å². The minimum absolute atomic E-state index is 0.00133. The van der Waals surface area contributed by atoms with E-state index in [0.29, 0.717) is 23.2 Å². The summed E-state index contributed by atoms with van der Waals surface area (Å²) in [6.07, 6.45) is 0.450. The van der Waals surface area contributed by atoms with Gasteiger partial charge in [-0.1, -0.05) is 20.8 Å². The van der Waals surface area contributed by atoms with Crippen LogP contribution >= 0.6 is 0 Å². The molecular formula is C28H35N3O7. The first-order valence-corrected chi connectivity index (χ1v) is 12.6. The zero-order chi connectivity index (χ0) is 28.5. The van der Waals surface area contributed by atoms with Crippen LogP contribution in [0.5, 0.6) is 5.75 Å². The number of aliphatic hydroxyl groups is 2. The third kappa shape index (κ3) is 3.98. The Hall–Kier alpha value is -3.66. The monoisotopic (exact) mass is 525 g/mol. The minimum Gasteiger partial charge on any atom is -0.511 e. The molecule has 0 bridgehead atoms. The SMILES string of the molecule is CC1=C2C(=O)c3c(O)c(CNC(=O)C(C)(C)C)cc(N(C)C)c3C[C@H]2C[C@H]2CC(O)=C(C(N)=O)C(=O)[C@@]12O. The maximum absolute atomic E-state index is 14.0. The van der Waals surface area contributed by atoms with Crippen LogP contribution in [-0.4, -0.2) is 58.4 Å². The number of amides is 2. The van der Waals surface area contributed by atoms with E-state index in [1.807, 2.05) is 19.0 Å². The molecule has 38 heavy (non-hydrogen) atoms. The first-order chi connectivity index (χ1) is 17.5. The molecule has 0 heterocycles. The number of aliphatic hydroxyl groups excluding tert-OH is 1. The van der Waals surface area contributed by atoms with Gasteiger partial charge < -0.3 is 31.3 Å². The van der Waals surface area contributed by atoms with Crippen molar-refractivity contribution in [2.24, 2.45) is 23.0 Å². The molecule has 0 aromatic heterocycles. The second kappa shape index (κ2) is 8.97. The van der Waals surface area contributed by atoms with Gasteiger partial charge in [0.05, 0.1) is 5.56 Å². The average Bonchev–Trinajstić information content (AvgIpc) is 2.79. The Balaban J connectivity index is 1.85. The van der Waals surface area contributed by atoms with E-state index in [1.165, 1.54) is 6.92 Å². The van der Waals surface area contributed by atoms with Gasteiger partial charge in [-0.2, -0.15) is 0 Å². The van der Waals surface area contributed by atoms with E-state index in [9.17, 15) is 34.5 Å². The molecule has 0 saturated carbocycles. The van der Waals surface area contributed by atoms with Crippen LogP contribution in [0.4, 0.5) is 5.69 Å². The number of ketones is 2. The van der Waals surface area contributed by atoms with Crippen molar-refractivity contribution < 1.29 is 34.5 Å². The number of hydrogen-bond acceptors (Lipinski definition) is 8. The summed E-state index contributed by atoms with van der Waals surface area (Å²) in [5.41, 5.74) is 3.93. The molecule has 3 aliphatic carbocycles. The van der Waals surface area contributed by atoms with Crippen LogP contribution in [0.2, 0.25) is 0 Å². The summed E-state index contributed by atoms with van der Waals surface area (Å²) in [5, 5.41) is 36.1. The highest BCUT2D eigenvalue weighted by Gasteiger charge is 2.57. The molecule has 10 heteroatoms. The molecule has 0 radical (unpaired) electrons. The van der Waals surface area contributed by atoms with Crippen LogP contribution in [0, 0.1) is 17.3 Å². The Labute approximate surface area is 221 Å². The molecule has 0 aliphatic heterocycles. The molecule has 1 aromatic rings. The lowest BCUT2D eigenvalue weighted by molar-refractivity contribution is -0.140. The number of aromatic hydroxyl groups is 1. The molecule has 4 rings (SSSR count). The molecule has 2 amide bonds. The Bertz CT molecular complexity index is 1350. The molecule has 0 saturated heterocycles. The number of anilines is 1. The number of nitrogens with two attached hydrogens (primary N) is 1. The molecular weight excluding hydrogens is 490 g/mol. The van der Waals surface area contributed by atoms with Crippen molar-refractivity contribution in [1.29, 1.82) is 0 Å². The second-order valence-electron chi connectivity index (χ2n) is 11.8. The molecule has 6 N–H and O–H groups in total. The van der Waals surface area contributed by atoms with Crippen molar-refractivity contribution in [3.05, 3.63) is 45.2 Å². The number of nitrogens with zero attached hydrogens (tertiary/aromatic N) is 1. The number of nitrogens with one attached hydrogen (secondary N) is 1. The number of phenolic OH excluding ortho intramolecular Hbond substituents is 1. The lowest BCUT2D eigenvalue weighted by Gasteiger charge is -2.47. The molecule has 3 atom stereocenters. The molecule has 1 aromatic carbocycles. The quantitative estimate of drug-likeness (QED) is 0.371. The Morgan fingerprint density at radius 3 is 2.37 bits per heavy atom. The molecule has 204 valence electrons. The number of carbonyl (C=O) groups excluding carboxylic acids is 4. The molecule has 3 aliphatic rings. The highest BCUT2D eigenvalue weighted by atomic mass is 16.3. The number of fused-ring (bicyclic) bond motifs is 3. The molecule has 10 nitrogen and oxygen atoms in total. The van der Waals surface area contributed by atoms with Crippen molar-refractivity contribution in [2.75, 3.05) is 19.0 Å². The third-order valence-corrected chi connectivity index (χ3v) is 8.08. The number of primary amides is 1. The standard InChI is InChI=1S/C28H35N3O7/c1-12-19-13(7-15-10-18(32)21(25(29)36)24(35)28(12,15)38)8-16-17(31(5)6)9-14(22(33)20(16)23(19)34)11-30-26(37)27(2,3)4/h9,13,15,32-33,38H,7-8,10-11H2,1-6H3,(H2,29,36)(H,30,37)/t13-,15+,28-/m1/s1. The lowest BCUT2D eigenvalue weighted by atomic mass is 9.58. The van der Waals surface area contributed by atoms with E-state index in [4.69, 9.17) is 5.73 Å². The predicted molar refractivity (Wildman–Crippen MR) is 139 cm³/mol. The highest BCUT2D eigenvalue weighted by molar-refractivity contribution is 6.24. The highest BCUT2D eigenvalue weighted by Crippen LogP contribution is 2.53. The van der Waals surface area contributed by atoms with E-state index in [-0.39, 0.29) is 53.7 Å². The van der Waals surface area contributed by atoms with Gasteiger partial charge in [-0.15, -0.1) is 0 Å². The van der Waals surface area contributed by atoms with Crippen molar-refractivity contribution in [3.8, 4) is 5.75 Å². The topological polar surface area (TPSA) is 170 Å². The second-order valence-corrected chi connectivity index (χ2v) is 11.8. The number of rotatable bonds is 4. The predicted octanol–water partition coefficient (Wildman–Crippen LogP) is 1.81. The summed E-state index contributed by atoms with van der Waals surface area (Å²) in [6, 6.07) is 1.75. The summed E-state index contributed by atoms with van der Waals surface area (Å²) in [7, 11) is 3.64. The fourth-order valence-electron chi connectivity index (χ4n) is 6.05. The smallest absolute Gasteiger partial charge is 0.255 e. The summed E-state index contributed by atoms with van der Waals surface area (Å²) < 4.78 is 0. The normalized spacial score (nSPS) is 25.0. The number of allylic oxidation sites excluding steroid dienone is 2. The molecule has 0 unspecified atom stereocenters. The van der Waals surface area contributed by atoms with E-state index in [0.717, 1.165) is 0 Å². The van der Waals surface area contributed by atoms with E-state index < -0.39 is 45.7 Å². The number of hydrogen-bond donors (Lipinski definition) is 5. The number of Topliss-reactive ketones (excluding diaryl/α,β-unsaturated/α-hetero) is 2. The zero-order valence-corrected chi connectivity index (χ0v) is 22.6. The van der Waals surface area contributed by atoms with E-state index in [1.54, 1.807) is 26.8 Å². The number of benzene rings is 1. The van der Waals surface area contributed by atoms with Gasteiger partial charge in [-0.05, 0) is 42.9 Å². The van der Waals surface area contributed by atoms with Crippen LogP contribution in [0.3, 0.4) is 0 Å². The van der Waals surface area contributed by atoms with Crippen LogP contribution in [0.15, 0.2) is 28.5 Å². The summed E-state index contributed by atoms with van der Waals surface area (Å²) in [5.74, 6) is -4.73. The van der Waals surface area contributed by atoms with Gasteiger partial charge in [0, 0.05) is 55.2 Å². The molecule has 0 fully saturated rings. The van der Waals surface area contributed by atoms with E-state index >= 15 is 0 Å². The largest absolute Gasteiger partial charge is 0.511 e. The third-order valence-electron chi connectivity index (χ3n) is 8.08. The van der Waals surface area contributed by atoms with Crippen LogP contribution < -0.4 is 16.0 Å². The fourth-order valence-corrected chi connectivity index (χ4v) is 6.05. The Morgan fingerprint density at radius 1 is 1.18 bits per heavy atom. The van der Waals surface area contributed by atoms with Crippen LogP contribution in [-0.2, 0) is 27.3 Å². The minimum atomic E-state index is -2.17. The van der Waals surface area contributed by atoms with Gasteiger partial charge in [-0.25, -0.2) is 0 Å².